The Morgan fingerprint density at radius 3 is 2.75 bits per heavy atom. The first-order valence-corrected chi connectivity index (χ1v) is 8.42. The summed E-state index contributed by atoms with van der Waals surface area (Å²) in [7, 11) is 1.80. The maximum Gasteiger partial charge on any atom is 0.185 e. The summed E-state index contributed by atoms with van der Waals surface area (Å²) >= 11 is 1.85. The van der Waals surface area contributed by atoms with Gasteiger partial charge in [-0.15, -0.1) is 11.3 Å². The van der Waals surface area contributed by atoms with Gasteiger partial charge in [-0.05, 0) is 39.2 Å². The van der Waals surface area contributed by atoms with Gasteiger partial charge in [0.25, 0.3) is 0 Å². The van der Waals surface area contributed by atoms with Crippen LogP contribution in [-0.4, -0.2) is 38.3 Å². The Morgan fingerprint density at radius 1 is 1.45 bits per heavy atom. The van der Waals surface area contributed by atoms with Crippen LogP contribution in [0.4, 0.5) is 5.13 Å². The number of aromatic nitrogens is 1. The van der Waals surface area contributed by atoms with Crippen LogP contribution in [0.15, 0.2) is 0 Å². The van der Waals surface area contributed by atoms with Crippen LogP contribution in [0.5, 0.6) is 0 Å². The molecule has 0 radical (unpaired) electrons. The van der Waals surface area contributed by atoms with Gasteiger partial charge in [0.1, 0.15) is 0 Å². The second-order valence-electron chi connectivity index (χ2n) is 5.61. The van der Waals surface area contributed by atoms with E-state index in [0.717, 1.165) is 32.2 Å². The zero-order valence-electron chi connectivity index (χ0n) is 13.1. The van der Waals surface area contributed by atoms with Gasteiger partial charge in [0.05, 0.1) is 5.69 Å². The van der Waals surface area contributed by atoms with Gasteiger partial charge < -0.3 is 15.0 Å². The van der Waals surface area contributed by atoms with Crippen LogP contribution in [-0.2, 0) is 4.74 Å². The average Bonchev–Trinajstić information content (AvgIpc) is 2.82. The van der Waals surface area contributed by atoms with Gasteiger partial charge in [-0.1, -0.05) is 6.92 Å². The highest BCUT2D eigenvalue weighted by atomic mass is 32.1. The van der Waals surface area contributed by atoms with Crippen molar-refractivity contribution >= 4 is 16.5 Å². The zero-order valence-corrected chi connectivity index (χ0v) is 13.9. The molecule has 0 bridgehead atoms. The van der Waals surface area contributed by atoms with Crippen molar-refractivity contribution in [1.82, 2.24) is 10.3 Å². The first-order chi connectivity index (χ1) is 9.65. The van der Waals surface area contributed by atoms with E-state index in [1.807, 2.05) is 11.3 Å². The van der Waals surface area contributed by atoms with Crippen molar-refractivity contribution < 1.29 is 4.74 Å². The normalized spacial score (nSPS) is 18.5. The van der Waals surface area contributed by atoms with Crippen LogP contribution in [0, 0.1) is 12.8 Å². The monoisotopic (exact) mass is 297 g/mol. The molecule has 0 saturated carbocycles. The first-order valence-electron chi connectivity index (χ1n) is 7.60. The third-order valence-corrected chi connectivity index (χ3v) is 5.41. The van der Waals surface area contributed by atoms with E-state index < -0.39 is 0 Å². The van der Waals surface area contributed by atoms with E-state index in [-0.39, 0.29) is 0 Å². The van der Waals surface area contributed by atoms with Crippen LogP contribution in [0.1, 0.15) is 43.3 Å². The average molecular weight is 297 g/mol. The van der Waals surface area contributed by atoms with Crippen molar-refractivity contribution in [2.75, 3.05) is 38.3 Å². The van der Waals surface area contributed by atoms with Crippen LogP contribution in [0.25, 0.3) is 0 Å². The quantitative estimate of drug-likeness (QED) is 0.876. The number of hydrogen-bond donors (Lipinski definition) is 1. The lowest BCUT2D eigenvalue weighted by molar-refractivity contribution is 0.139. The van der Waals surface area contributed by atoms with E-state index in [2.05, 4.69) is 31.0 Å². The van der Waals surface area contributed by atoms with Gasteiger partial charge in [0.15, 0.2) is 5.13 Å². The lowest BCUT2D eigenvalue weighted by atomic mass is 9.98. The molecule has 1 aliphatic rings. The lowest BCUT2D eigenvalue weighted by Crippen LogP contribution is -2.34. The summed E-state index contributed by atoms with van der Waals surface area (Å²) in [4.78, 5) is 8.59. The SMILES string of the molecule is CCNC(C)c1sc(N2CCC(COC)CC2)nc1C. The number of hydrogen-bond acceptors (Lipinski definition) is 5. The maximum atomic E-state index is 5.26. The highest BCUT2D eigenvalue weighted by Crippen LogP contribution is 2.32. The Hall–Kier alpha value is -0.650. The second kappa shape index (κ2) is 7.38. The van der Waals surface area contributed by atoms with E-state index in [1.54, 1.807) is 7.11 Å². The third kappa shape index (κ3) is 3.71. The Balaban J connectivity index is 1.98. The lowest BCUT2D eigenvalue weighted by Gasteiger charge is -2.31. The molecule has 20 heavy (non-hydrogen) atoms. The fourth-order valence-corrected chi connectivity index (χ4v) is 4.00. The van der Waals surface area contributed by atoms with Crippen molar-refractivity contribution in [2.24, 2.45) is 5.92 Å². The van der Waals surface area contributed by atoms with E-state index in [1.165, 1.54) is 28.5 Å². The number of aryl methyl sites for hydroxylation is 1. The number of ether oxygens (including phenoxy) is 1. The molecule has 0 aliphatic carbocycles. The molecule has 4 nitrogen and oxygen atoms in total. The molecular formula is C15H27N3OS. The molecule has 1 fully saturated rings. The van der Waals surface area contributed by atoms with Gasteiger partial charge >= 0.3 is 0 Å². The predicted octanol–water partition coefficient (Wildman–Crippen LogP) is 2.98. The minimum absolute atomic E-state index is 0.400. The van der Waals surface area contributed by atoms with Crippen molar-refractivity contribution in [3.05, 3.63) is 10.6 Å². The summed E-state index contributed by atoms with van der Waals surface area (Å²) in [6, 6.07) is 0.400. The molecule has 2 rings (SSSR count). The van der Waals surface area contributed by atoms with Gasteiger partial charge in [-0.2, -0.15) is 0 Å². The minimum atomic E-state index is 0.400. The van der Waals surface area contributed by atoms with E-state index in [0.29, 0.717) is 6.04 Å². The summed E-state index contributed by atoms with van der Waals surface area (Å²) in [6.45, 7) is 10.6. The molecule has 5 heteroatoms. The van der Waals surface area contributed by atoms with Crippen LogP contribution in [0.3, 0.4) is 0 Å². The van der Waals surface area contributed by atoms with Crippen molar-refractivity contribution in [3.8, 4) is 0 Å². The van der Waals surface area contributed by atoms with E-state index in [4.69, 9.17) is 9.72 Å². The number of nitrogens with zero attached hydrogens (tertiary/aromatic N) is 2. The second-order valence-corrected chi connectivity index (χ2v) is 6.62. The molecule has 0 spiro atoms. The molecule has 1 N–H and O–H groups in total. The van der Waals surface area contributed by atoms with Crippen molar-refractivity contribution in [1.29, 1.82) is 0 Å². The van der Waals surface area contributed by atoms with Crippen LogP contribution < -0.4 is 10.2 Å². The fraction of sp³-hybridized carbons (Fsp3) is 0.800. The number of nitrogens with one attached hydrogen (secondary N) is 1. The summed E-state index contributed by atoms with van der Waals surface area (Å²) in [5.74, 6) is 0.720. The number of rotatable bonds is 6. The van der Waals surface area contributed by atoms with Crippen molar-refractivity contribution in [3.63, 3.8) is 0 Å². The molecular weight excluding hydrogens is 270 g/mol. The summed E-state index contributed by atoms with van der Waals surface area (Å²) < 4.78 is 5.26. The van der Waals surface area contributed by atoms with Crippen LogP contribution >= 0.6 is 11.3 Å². The molecule has 1 aromatic heterocycles. The summed E-state index contributed by atoms with van der Waals surface area (Å²) in [5.41, 5.74) is 1.18. The summed E-state index contributed by atoms with van der Waals surface area (Å²) in [6.07, 6.45) is 2.43. The standard InChI is InChI=1S/C15H27N3OS/c1-5-16-11(2)14-12(3)17-15(20-14)18-8-6-13(7-9-18)10-19-4/h11,13,16H,5-10H2,1-4H3. The van der Waals surface area contributed by atoms with Crippen LogP contribution in [0.2, 0.25) is 0 Å². The first kappa shape index (κ1) is 15.7. The maximum absolute atomic E-state index is 5.26. The molecule has 1 aliphatic heterocycles. The third-order valence-electron chi connectivity index (χ3n) is 4.01. The number of thiazole rings is 1. The number of piperidine rings is 1. The van der Waals surface area contributed by atoms with Gasteiger partial charge in [0, 0.05) is 37.7 Å². The Bertz CT molecular complexity index is 413. The molecule has 114 valence electrons. The van der Waals surface area contributed by atoms with E-state index in [9.17, 15) is 0 Å². The zero-order chi connectivity index (χ0) is 14.5. The van der Waals surface area contributed by atoms with Gasteiger partial charge in [-0.25, -0.2) is 4.98 Å². The molecule has 1 unspecified atom stereocenters. The molecule has 1 atom stereocenters. The topological polar surface area (TPSA) is 37.4 Å². The molecule has 2 heterocycles. The smallest absolute Gasteiger partial charge is 0.185 e. The fourth-order valence-electron chi connectivity index (χ4n) is 2.86. The van der Waals surface area contributed by atoms with Gasteiger partial charge in [-0.3, -0.25) is 0 Å². The number of anilines is 1. The molecule has 0 aromatic carbocycles. The molecule has 0 amide bonds. The largest absolute Gasteiger partial charge is 0.384 e. The van der Waals surface area contributed by atoms with E-state index >= 15 is 0 Å². The molecule has 1 saturated heterocycles. The minimum Gasteiger partial charge on any atom is -0.384 e. The Morgan fingerprint density at radius 2 is 2.15 bits per heavy atom. The predicted molar refractivity (Wildman–Crippen MR) is 85.8 cm³/mol. The van der Waals surface area contributed by atoms with Crippen molar-refractivity contribution in [2.45, 2.75) is 39.7 Å². The Kier molecular flexibility index (Phi) is 5.81. The highest BCUT2D eigenvalue weighted by Gasteiger charge is 2.23. The summed E-state index contributed by atoms with van der Waals surface area (Å²) in [5, 5.41) is 4.67. The highest BCUT2D eigenvalue weighted by molar-refractivity contribution is 7.15. The Labute approximate surface area is 126 Å². The number of methoxy groups -OCH3 is 1. The molecule has 1 aromatic rings. The van der Waals surface area contributed by atoms with Gasteiger partial charge in [0.2, 0.25) is 0 Å².